The lowest BCUT2D eigenvalue weighted by atomic mass is 10.3. The van der Waals surface area contributed by atoms with E-state index in [4.69, 9.17) is 4.74 Å². The molecule has 13 heavy (non-hydrogen) atoms. The molecule has 1 aliphatic rings. The second kappa shape index (κ2) is 2.85. The fourth-order valence-corrected chi connectivity index (χ4v) is 1.24. The molecule has 1 aromatic heterocycles. The molecule has 0 bridgehead atoms. The van der Waals surface area contributed by atoms with Gasteiger partial charge in [0.25, 0.3) is 5.56 Å². The fourth-order valence-electron chi connectivity index (χ4n) is 1.24. The number of aromatic amines is 1. The highest BCUT2D eigenvalue weighted by molar-refractivity contribution is 5.01. The van der Waals surface area contributed by atoms with E-state index < -0.39 is 5.69 Å². The molecule has 0 spiro atoms. The third kappa shape index (κ3) is 1.31. The number of aryl methyl sites for hydroxylation is 1. The van der Waals surface area contributed by atoms with Crippen LogP contribution in [0.3, 0.4) is 0 Å². The molecule has 1 aromatic rings. The summed E-state index contributed by atoms with van der Waals surface area (Å²) in [4.78, 5) is 24.5. The maximum Gasteiger partial charge on any atom is 0.330 e. The Hall–Kier alpha value is -1.36. The van der Waals surface area contributed by atoms with Crippen molar-refractivity contribution in [1.29, 1.82) is 0 Å². The van der Waals surface area contributed by atoms with Gasteiger partial charge in [-0.05, 0) is 6.92 Å². The van der Waals surface area contributed by atoms with E-state index in [2.05, 4.69) is 4.98 Å². The maximum atomic E-state index is 11.3. The zero-order valence-electron chi connectivity index (χ0n) is 7.24. The van der Waals surface area contributed by atoms with Crippen molar-refractivity contribution in [1.82, 2.24) is 9.55 Å². The predicted octanol–water partition coefficient (Wildman–Crippen LogP) is -0.236. The van der Waals surface area contributed by atoms with Crippen LogP contribution in [0.4, 0.5) is 0 Å². The van der Waals surface area contributed by atoms with Crippen molar-refractivity contribution in [2.45, 2.75) is 19.6 Å². The van der Waals surface area contributed by atoms with Crippen LogP contribution in [0, 0.1) is 6.92 Å². The van der Waals surface area contributed by atoms with Gasteiger partial charge in [0.2, 0.25) is 0 Å². The smallest absolute Gasteiger partial charge is 0.330 e. The molecule has 1 fully saturated rings. The molecule has 0 amide bonds. The predicted molar refractivity (Wildman–Crippen MR) is 45.7 cm³/mol. The topological polar surface area (TPSA) is 64.1 Å². The minimum atomic E-state index is -0.402. The van der Waals surface area contributed by atoms with Crippen LogP contribution in [-0.4, -0.2) is 16.2 Å². The molecule has 1 atom stereocenters. The molecule has 1 saturated heterocycles. The standard InChI is InChI=1S/C8H10N2O3/c1-5-4-10(6-2-3-13-6)8(12)9-7(5)11/h4,6H,2-3H2,1H3,(H,9,11,12). The molecule has 1 aliphatic heterocycles. The van der Waals surface area contributed by atoms with E-state index in [1.807, 2.05) is 0 Å². The first-order valence-corrected chi connectivity index (χ1v) is 4.12. The zero-order valence-corrected chi connectivity index (χ0v) is 7.24. The van der Waals surface area contributed by atoms with E-state index in [0.29, 0.717) is 12.2 Å². The van der Waals surface area contributed by atoms with Crippen LogP contribution in [0.1, 0.15) is 18.2 Å². The van der Waals surface area contributed by atoms with Gasteiger partial charge in [0, 0.05) is 18.2 Å². The summed E-state index contributed by atoms with van der Waals surface area (Å²) in [5.41, 5.74) is -0.212. The van der Waals surface area contributed by atoms with Gasteiger partial charge < -0.3 is 4.74 Å². The highest BCUT2D eigenvalue weighted by Gasteiger charge is 2.21. The van der Waals surface area contributed by atoms with Crippen LogP contribution in [0.2, 0.25) is 0 Å². The van der Waals surface area contributed by atoms with Crippen LogP contribution in [0.25, 0.3) is 0 Å². The second-order valence-corrected chi connectivity index (χ2v) is 3.09. The van der Waals surface area contributed by atoms with E-state index in [0.717, 1.165) is 6.42 Å². The van der Waals surface area contributed by atoms with Crippen molar-refractivity contribution in [2.75, 3.05) is 6.61 Å². The minimum absolute atomic E-state index is 0.192. The highest BCUT2D eigenvalue weighted by atomic mass is 16.5. The van der Waals surface area contributed by atoms with Gasteiger partial charge in [-0.3, -0.25) is 14.3 Å². The van der Waals surface area contributed by atoms with Gasteiger partial charge >= 0.3 is 5.69 Å². The summed E-state index contributed by atoms with van der Waals surface area (Å²) in [6.45, 7) is 2.34. The lowest BCUT2D eigenvalue weighted by Crippen LogP contribution is -2.37. The molecule has 1 unspecified atom stereocenters. The number of rotatable bonds is 1. The number of ether oxygens (including phenoxy) is 1. The number of hydrogen-bond donors (Lipinski definition) is 1. The Bertz CT molecular complexity index is 428. The normalized spacial score (nSPS) is 21.2. The Balaban J connectivity index is 2.51. The van der Waals surface area contributed by atoms with Crippen molar-refractivity contribution < 1.29 is 4.74 Å². The van der Waals surface area contributed by atoms with Gasteiger partial charge in [-0.1, -0.05) is 0 Å². The summed E-state index contributed by atoms with van der Waals surface area (Å²) in [5, 5.41) is 0. The first-order chi connectivity index (χ1) is 6.18. The Kier molecular flexibility index (Phi) is 1.81. The monoisotopic (exact) mass is 182 g/mol. The Labute approximate surface area is 74.0 Å². The summed E-state index contributed by atoms with van der Waals surface area (Å²) >= 11 is 0. The number of hydrogen-bond acceptors (Lipinski definition) is 3. The van der Waals surface area contributed by atoms with E-state index in [1.54, 1.807) is 6.92 Å². The lowest BCUT2D eigenvalue weighted by molar-refractivity contribution is -0.102. The molecule has 0 aromatic carbocycles. The van der Waals surface area contributed by atoms with E-state index in [-0.39, 0.29) is 11.8 Å². The van der Waals surface area contributed by atoms with Crippen molar-refractivity contribution >= 4 is 0 Å². The van der Waals surface area contributed by atoms with E-state index >= 15 is 0 Å². The molecule has 0 saturated carbocycles. The molecule has 2 heterocycles. The van der Waals surface area contributed by atoms with Gasteiger partial charge in [0.1, 0.15) is 6.23 Å². The van der Waals surface area contributed by atoms with Crippen molar-refractivity contribution in [3.05, 3.63) is 32.6 Å². The summed E-state index contributed by atoms with van der Waals surface area (Å²) < 4.78 is 6.55. The zero-order chi connectivity index (χ0) is 9.42. The van der Waals surface area contributed by atoms with Crippen LogP contribution in [-0.2, 0) is 4.74 Å². The third-order valence-corrected chi connectivity index (χ3v) is 2.13. The van der Waals surface area contributed by atoms with E-state index in [9.17, 15) is 9.59 Å². The molecule has 0 radical (unpaired) electrons. The molecular weight excluding hydrogens is 172 g/mol. The average molecular weight is 182 g/mol. The van der Waals surface area contributed by atoms with Crippen LogP contribution in [0.15, 0.2) is 15.8 Å². The number of nitrogens with one attached hydrogen (secondary N) is 1. The highest BCUT2D eigenvalue weighted by Crippen LogP contribution is 2.20. The van der Waals surface area contributed by atoms with Crippen LogP contribution >= 0.6 is 0 Å². The van der Waals surface area contributed by atoms with Gasteiger partial charge in [0.15, 0.2) is 0 Å². The van der Waals surface area contributed by atoms with Gasteiger partial charge in [-0.2, -0.15) is 0 Å². The largest absolute Gasteiger partial charge is 0.358 e. The van der Waals surface area contributed by atoms with Gasteiger partial charge in [-0.25, -0.2) is 4.79 Å². The molecule has 70 valence electrons. The Morgan fingerprint density at radius 1 is 1.62 bits per heavy atom. The van der Waals surface area contributed by atoms with Gasteiger partial charge in [-0.15, -0.1) is 0 Å². The Morgan fingerprint density at radius 2 is 2.31 bits per heavy atom. The maximum absolute atomic E-state index is 11.3. The number of H-pyrrole nitrogens is 1. The molecule has 1 N–H and O–H groups in total. The average Bonchev–Trinajstić information content (AvgIpc) is 1.96. The van der Waals surface area contributed by atoms with Crippen molar-refractivity contribution in [2.24, 2.45) is 0 Å². The summed E-state index contributed by atoms with van der Waals surface area (Å²) in [6.07, 6.45) is 2.17. The second-order valence-electron chi connectivity index (χ2n) is 3.09. The van der Waals surface area contributed by atoms with Crippen LogP contribution in [0.5, 0.6) is 0 Å². The summed E-state index contributed by atoms with van der Waals surface area (Å²) in [6, 6.07) is 0. The summed E-state index contributed by atoms with van der Waals surface area (Å²) in [7, 11) is 0. The lowest BCUT2D eigenvalue weighted by Gasteiger charge is -2.27. The first-order valence-electron chi connectivity index (χ1n) is 4.12. The third-order valence-electron chi connectivity index (χ3n) is 2.13. The van der Waals surface area contributed by atoms with E-state index in [1.165, 1.54) is 10.8 Å². The van der Waals surface area contributed by atoms with Gasteiger partial charge in [0.05, 0.1) is 6.61 Å². The molecule has 5 heteroatoms. The van der Waals surface area contributed by atoms with Crippen molar-refractivity contribution in [3.8, 4) is 0 Å². The first kappa shape index (κ1) is 8.25. The Morgan fingerprint density at radius 3 is 2.85 bits per heavy atom. The number of nitrogens with zero attached hydrogens (tertiary/aromatic N) is 1. The molecule has 5 nitrogen and oxygen atoms in total. The molecule has 2 rings (SSSR count). The minimum Gasteiger partial charge on any atom is -0.358 e. The molecule has 0 aliphatic carbocycles. The number of aromatic nitrogens is 2. The fraction of sp³-hybridized carbons (Fsp3) is 0.500. The summed E-state index contributed by atoms with van der Waals surface area (Å²) in [5.74, 6) is 0. The van der Waals surface area contributed by atoms with Crippen LogP contribution < -0.4 is 11.2 Å². The SMILES string of the molecule is Cc1cn(C2CCO2)c(=O)[nH]c1=O. The van der Waals surface area contributed by atoms with Crippen molar-refractivity contribution in [3.63, 3.8) is 0 Å². The molecular formula is C8H10N2O3. The quantitative estimate of drug-likeness (QED) is 0.652.